The first-order valence-electron chi connectivity index (χ1n) is 6.06. The van der Waals surface area contributed by atoms with Crippen LogP contribution in [0.1, 0.15) is 45.2 Å². The molecule has 0 fully saturated rings. The lowest BCUT2D eigenvalue weighted by Crippen LogP contribution is -2.17. The van der Waals surface area contributed by atoms with E-state index in [1.807, 2.05) is 0 Å². The molecule has 0 saturated carbocycles. The van der Waals surface area contributed by atoms with E-state index in [0.29, 0.717) is 17.2 Å². The number of hydrogen-bond acceptors (Lipinski definition) is 2. The van der Waals surface area contributed by atoms with Crippen LogP contribution < -0.4 is 0 Å². The SMILES string of the molecule is CC(CCc1cc(C#N)ccc1O)C(C)(C)C. The first kappa shape index (κ1) is 13.6. The fraction of sp³-hybridized carbons (Fsp3) is 0.533. The van der Waals surface area contributed by atoms with Crippen LogP contribution in [0, 0.1) is 22.7 Å². The van der Waals surface area contributed by atoms with Gasteiger partial charge in [-0.2, -0.15) is 5.26 Å². The van der Waals surface area contributed by atoms with E-state index in [9.17, 15) is 5.11 Å². The molecule has 1 unspecified atom stereocenters. The molecule has 1 rings (SSSR count). The summed E-state index contributed by atoms with van der Waals surface area (Å²) in [6.45, 7) is 8.90. The first-order valence-corrected chi connectivity index (χ1v) is 6.06. The second-order valence-corrected chi connectivity index (χ2v) is 5.76. The molecule has 1 atom stereocenters. The molecule has 0 spiro atoms. The Morgan fingerprint density at radius 3 is 2.53 bits per heavy atom. The fourth-order valence-corrected chi connectivity index (χ4v) is 1.66. The minimum Gasteiger partial charge on any atom is -0.508 e. The summed E-state index contributed by atoms with van der Waals surface area (Å²) in [5.41, 5.74) is 1.77. The molecule has 0 amide bonds. The Labute approximate surface area is 104 Å². The molecule has 2 heteroatoms. The smallest absolute Gasteiger partial charge is 0.118 e. The van der Waals surface area contributed by atoms with Gasteiger partial charge in [-0.05, 0) is 47.9 Å². The van der Waals surface area contributed by atoms with Crippen LogP contribution in [-0.4, -0.2) is 5.11 Å². The van der Waals surface area contributed by atoms with Crippen molar-refractivity contribution in [3.05, 3.63) is 29.3 Å². The molecule has 0 saturated heterocycles. The van der Waals surface area contributed by atoms with Gasteiger partial charge in [-0.1, -0.05) is 27.7 Å². The molecule has 0 aromatic heterocycles. The van der Waals surface area contributed by atoms with Gasteiger partial charge in [-0.15, -0.1) is 0 Å². The van der Waals surface area contributed by atoms with Crippen LogP contribution in [0.25, 0.3) is 0 Å². The van der Waals surface area contributed by atoms with Gasteiger partial charge in [-0.3, -0.25) is 0 Å². The van der Waals surface area contributed by atoms with Gasteiger partial charge >= 0.3 is 0 Å². The maximum atomic E-state index is 9.74. The average Bonchev–Trinajstić information content (AvgIpc) is 2.26. The third-order valence-electron chi connectivity index (χ3n) is 3.53. The topological polar surface area (TPSA) is 44.0 Å². The second-order valence-electron chi connectivity index (χ2n) is 5.76. The molecule has 0 radical (unpaired) electrons. The number of phenols is 1. The van der Waals surface area contributed by atoms with Gasteiger partial charge < -0.3 is 5.11 Å². The molecule has 1 aromatic carbocycles. The molecule has 1 aromatic rings. The van der Waals surface area contributed by atoms with Crippen LogP contribution in [0.3, 0.4) is 0 Å². The predicted octanol–water partition coefficient (Wildman–Crippen LogP) is 3.88. The highest BCUT2D eigenvalue weighted by Gasteiger charge is 2.19. The Kier molecular flexibility index (Phi) is 4.17. The Balaban J connectivity index is 2.73. The van der Waals surface area contributed by atoms with Gasteiger partial charge in [0.25, 0.3) is 0 Å². The minimum atomic E-state index is 0.280. The number of hydrogen-bond donors (Lipinski definition) is 1. The van der Waals surface area contributed by atoms with Gasteiger partial charge in [0.1, 0.15) is 5.75 Å². The van der Waals surface area contributed by atoms with Crippen molar-refractivity contribution in [2.24, 2.45) is 11.3 Å². The maximum absolute atomic E-state index is 9.74. The third-order valence-corrected chi connectivity index (χ3v) is 3.53. The summed E-state index contributed by atoms with van der Waals surface area (Å²) in [5.74, 6) is 0.873. The first-order chi connectivity index (χ1) is 7.84. The number of nitriles is 1. The van der Waals surface area contributed by atoms with Crippen molar-refractivity contribution >= 4 is 0 Å². The van der Waals surface area contributed by atoms with Crippen molar-refractivity contribution in [2.45, 2.75) is 40.5 Å². The van der Waals surface area contributed by atoms with E-state index in [0.717, 1.165) is 18.4 Å². The second kappa shape index (κ2) is 5.23. The predicted molar refractivity (Wildman–Crippen MR) is 69.8 cm³/mol. The normalized spacial score (nSPS) is 13.1. The monoisotopic (exact) mass is 231 g/mol. The van der Waals surface area contributed by atoms with E-state index in [1.165, 1.54) is 0 Å². The van der Waals surface area contributed by atoms with Gasteiger partial charge in [-0.25, -0.2) is 0 Å². The number of benzene rings is 1. The highest BCUT2D eigenvalue weighted by molar-refractivity contribution is 5.41. The quantitative estimate of drug-likeness (QED) is 0.858. The Hall–Kier alpha value is -1.49. The van der Waals surface area contributed by atoms with Gasteiger partial charge in [0, 0.05) is 0 Å². The average molecular weight is 231 g/mol. The Morgan fingerprint density at radius 1 is 1.35 bits per heavy atom. The van der Waals surface area contributed by atoms with Gasteiger partial charge in [0.15, 0.2) is 0 Å². The largest absolute Gasteiger partial charge is 0.508 e. The summed E-state index contributed by atoms with van der Waals surface area (Å²) in [5, 5.41) is 18.6. The number of nitrogens with zero attached hydrogens (tertiary/aromatic N) is 1. The Bertz CT molecular complexity index is 424. The van der Waals surface area contributed by atoms with Crippen LogP contribution >= 0.6 is 0 Å². The standard InChI is InChI=1S/C15H21NO/c1-11(15(2,3)4)5-7-13-9-12(10-16)6-8-14(13)17/h6,8-9,11,17H,5,7H2,1-4H3. The van der Waals surface area contributed by atoms with E-state index >= 15 is 0 Å². The lowest BCUT2D eigenvalue weighted by molar-refractivity contribution is 0.246. The van der Waals surface area contributed by atoms with Crippen molar-refractivity contribution in [1.82, 2.24) is 0 Å². The molecular weight excluding hydrogens is 210 g/mol. The van der Waals surface area contributed by atoms with Crippen LogP contribution in [0.5, 0.6) is 5.75 Å². The third kappa shape index (κ3) is 3.78. The van der Waals surface area contributed by atoms with E-state index in [4.69, 9.17) is 5.26 Å². The molecular formula is C15H21NO. The molecule has 17 heavy (non-hydrogen) atoms. The molecule has 0 aliphatic rings. The molecule has 0 aliphatic heterocycles. The van der Waals surface area contributed by atoms with Crippen molar-refractivity contribution in [3.8, 4) is 11.8 Å². The van der Waals surface area contributed by atoms with E-state index in [2.05, 4.69) is 33.8 Å². The minimum absolute atomic E-state index is 0.280. The highest BCUT2D eigenvalue weighted by Crippen LogP contribution is 2.30. The van der Waals surface area contributed by atoms with Crippen molar-refractivity contribution < 1.29 is 5.11 Å². The van der Waals surface area contributed by atoms with Crippen molar-refractivity contribution in [1.29, 1.82) is 5.26 Å². The lowest BCUT2D eigenvalue weighted by Gasteiger charge is -2.27. The van der Waals surface area contributed by atoms with Crippen molar-refractivity contribution in [2.75, 3.05) is 0 Å². The van der Waals surface area contributed by atoms with E-state index < -0.39 is 0 Å². The van der Waals surface area contributed by atoms with E-state index in [-0.39, 0.29) is 5.41 Å². The molecule has 92 valence electrons. The number of rotatable bonds is 3. The molecule has 2 nitrogen and oxygen atoms in total. The molecule has 0 bridgehead atoms. The van der Waals surface area contributed by atoms with Gasteiger partial charge in [0.2, 0.25) is 0 Å². The highest BCUT2D eigenvalue weighted by atomic mass is 16.3. The summed E-state index contributed by atoms with van der Waals surface area (Å²) in [4.78, 5) is 0. The maximum Gasteiger partial charge on any atom is 0.118 e. The zero-order chi connectivity index (χ0) is 13.1. The van der Waals surface area contributed by atoms with Gasteiger partial charge in [0.05, 0.1) is 11.6 Å². The Morgan fingerprint density at radius 2 is 2.00 bits per heavy atom. The van der Waals surface area contributed by atoms with E-state index in [1.54, 1.807) is 18.2 Å². The fourth-order valence-electron chi connectivity index (χ4n) is 1.66. The van der Waals surface area contributed by atoms with Crippen LogP contribution in [0.4, 0.5) is 0 Å². The molecule has 1 N–H and O–H groups in total. The summed E-state index contributed by atoms with van der Waals surface area (Å²) in [6.07, 6.45) is 1.84. The number of aryl methyl sites for hydroxylation is 1. The lowest BCUT2D eigenvalue weighted by atomic mass is 9.79. The molecule has 0 heterocycles. The van der Waals surface area contributed by atoms with Crippen LogP contribution in [0.15, 0.2) is 18.2 Å². The molecule has 0 aliphatic carbocycles. The summed E-state index contributed by atoms with van der Waals surface area (Å²) in [6, 6.07) is 7.14. The number of phenolic OH excluding ortho intramolecular Hbond substituents is 1. The van der Waals surface area contributed by atoms with Crippen LogP contribution in [0.2, 0.25) is 0 Å². The number of aromatic hydroxyl groups is 1. The zero-order valence-corrected chi connectivity index (χ0v) is 11.1. The summed E-state index contributed by atoms with van der Waals surface area (Å²) < 4.78 is 0. The zero-order valence-electron chi connectivity index (χ0n) is 11.1. The summed E-state index contributed by atoms with van der Waals surface area (Å²) in [7, 11) is 0. The van der Waals surface area contributed by atoms with Crippen molar-refractivity contribution in [3.63, 3.8) is 0 Å². The summed E-state index contributed by atoms with van der Waals surface area (Å²) >= 11 is 0. The van der Waals surface area contributed by atoms with Crippen LogP contribution in [-0.2, 0) is 6.42 Å².